The zero-order valence-electron chi connectivity index (χ0n) is 15.2. The standard InChI is InChI=1S/C15H27BrN2O6S/c1-5-23-13(19)12-7-6-9-17(11-12)25(21,22)18(10-8-16)14(20)24-15(2,3)4/h12H,5-11H2,1-4H3. The molecule has 10 heteroatoms. The molecule has 1 aliphatic heterocycles. The van der Waals surface area contributed by atoms with Crippen molar-refractivity contribution in [3.8, 4) is 0 Å². The van der Waals surface area contributed by atoms with Gasteiger partial charge in [0.15, 0.2) is 0 Å². The van der Waals surface area contributed by atoms with E-state index in [1.165, 1.54) is 0 Å². The van der Waals surface area contributed by atoms with Crippen LogP contribution in [0.1, 0.15) is 40.5 Å². The molecule has 0 N–H and O–H groups in total. The molecule has 25 heavy (non-hydrogen) atoms. The van der Waals surface area contributed by atoms with Crippen LogP contribution in [0, 0.1) is 5.92 Å². The highest BCUT2D eigenvalue weighted by atomic mass is 79.9. The quantitative estimate of drug-likeness (QED) is 0.461. The first-order valence-corrected chi connectivity index (χ1v) is 10.8. The minimum Gasteiger partial charge on any atom is -0.466 e. The van der Waals surface area contributed by atoms with Crippen molar-refractivity contribution in [1.29, 1.82) is 0 Å². The molecule has 1 fully saturated rings. The number of halogens is 1. The van der Waals surface area contributed by atoms with Crippen LogP contribution in [0.15, 0.2) is 0 Å². The van der Waals surface area contributed by atoms with Gasteiger partial charge in [0.05, 0.1) is 19.1 Å². The molecule has 1 aliphatic rings. The van der Waals surface area contributed by atoms with Gasteiger partial charge in [0.2, 0.25) is 0 Å². The number of nitrogens with zero attached hydrogens (tertiary/aromatic N) is 2. The molecule has 1 amide bonds. The van der Waals surface area contributed by atoms with Crippen molar-refractivity contribution < 1.29 is 27.5 Å². The Morgan fingerprint density at radius 1 is 1.32 bits per heavy atom. The monoisotopic (exact) mass is 442 g/mol. The Kier molecular flexibility index (Phi) is 8.14. The highest BCUT2D eigenvalue weighted by molar-refractivity contribution is 9.09. The van der Waals surface area contributed by atoms with Crippen LogP contribution >= 0.6 is 15.9 Å². The van der Waals surface area contributed by atoms with E-state index in [2.05, 4.69) is 15.9 Å². The van der Waals surface area contributed by atoms with E-state index >= 15 is 0 Å². The molecule has 0 saturated carbocycles. The summed E-state index contributed by atoms with van der Waals surface area (Å²) in [6.07, 6.45) is 0.166. The molecular formula is C15H27BrN2O6S. The van der Waals surface area contributed by atoms with Gasteiger partial charge in [-0.15, -0.1) is 0 Å². The van der Waals surface area contributed by atoms with E-state index < -0.39 is 33.8 Å². The van der Waals surface area contributed by atoms with Crippen LogP contribution in [-0.4, -0.2) is 66.3 Å². The largest absolute Gasteiger partial charge is 0.466 e. The van der Waals surface area contributed by atoms with Crippen molar-refractivity contribution in [3.63, 3.8) is 0 Å². The average molecular weight is 443 g/mol. The van der Waals surface area contributed by atoms with Crippen LogP contribution < -0.4 is 0 Å². The van der Waals surface area contributed by atoms with Crippen LogP contribution in [0.25, 0.3) is 0 Å². The minimum atomic E-state index is -4.08. The maximum atomic E-state index is 12.9. The number of ether oxygens (including phenoxy) is 2. The summed E-state index contributed by atoms with van der Waals surface area (Å²) in [4.78, 5) is 24.3. The Balaban J connectivity index is 2.97. The third-order valence-corrected chi connectivity index (χ3v) is 5.72. The summed E-state index contributed by atoms with van der Waals surface area (Å²) in [5, 5.41) is 0.278. The number of carbonyl (C=O) groups is 2. The van der Waals surface area contributed by atoms with Gasteiger partial charge in [-0.25, -0.2) is 4.79 Å². The molecular weight excluding hydrogens is 416 g/mol. The molecule has 0 aromatic carbocycles. The topological polar surface area (TPSA) is 93.2 Å². The number of hydrogen-bond acceptors (Lipinski definition) is 6. The lowest BCUT2D eigenvalue weighted by Crippen LogP contribution is -2.52. The first-order valence-electron chi connectivity index (χ1n) is 8.26. The molecule has 0 radical (unpaired) electrons. The number of rotatable bonds is 6. The molecule has 1 rings (SSSR count). The Labute approximate surface area is 158 Å². The SMILES string of the molecule is CCOC(=O)C1CCCN(S(=O)(=O)N(CCBr)C(=O)OC(C)(C)C)C1. The second-order valence-electron chi connectivity index (χ2n) is 6.70. The van der Waals surface area contributed by atoms with Crippen LogP contribution in [0.3, 0.4) is 0 Å². The number of alkyl halides is 1. The van der Waals surface area contributed by atoms with Crippen LogP contribution in [0.4, 0.5) is 4.79 Å². The van der Waals surface area contributed by atoms with Gasteiger partial charge in [-0.05, 0) is 40.5 Å². The number of amides is 1. The molecule has 0 bridgehead atoms. The third kappa shape index (κ3) is 6.41. The van der Waals surface area contributed by atoms with Crippen molar-refractivity contribution in [2.75, 3.05) is 31.6 Å². The molecule has 146 valence electrons. The third-order valence-electron chi connectivity index (χ3n) is 3.49. The normalized spacial score (nSPS) is 19.3. The predicted molar refractivity (Wildman–Crippen MR) is 96.6 cm³/mol. The first-order chi connectivity index (χ1) is 11.5. The van der Waals surface area contributed by atoms with Gasteiger partial charge in [-0.2, -0.15) is 17.0 Å². The second-order valence-corrected chi connectivity index (χ2v) is 9.34. The lowest BCUT2D eigenvalue weighted by molar-refractivity contribution is -0.149. The summed E-state index contributed by atoms with van der Waals surface area (Å²) in [7, 11) is -4.08. The van der Waals surface area contributed by atoms with E-state index in [1.807, 2.05) is 0 Å². The fraction of sp³-hybridized carbons (Fsp3) is 0.867. The van der Waals surface area contributed by atoms with E-state index in [9.17, 15) is 18.0 Å². The first kappa shape index (κ1) is 22.2. The Bertz CT molecular complexity index is 575. The summed E-state index contributed by atoms with van der Waals surface area (Å²) >= 11 is 3.16. The zero-order chi connectivity index (χ0) is 19.3. The zero-order valence-corrected chi connectivity index (χ0v) is 17.6. The van der Waals surface area contributed by atoms with Gasteiger partial charge in [-0.1, -0.05) is 15.9 Å². The molecule has 0 aromatic rings. The summed E-state index contributed by atoms with van der Waals surface area (Å²) in [6, 6.07) is 0. The number of esters is 1. The van der Waals surface area contributed by atoms with Gasteiger partial charge in [-0.3, -0.25) is 4.79 Å². The molecule has 1 heterocycles. The summed E-state index contributed by atoms with van der Waals surface area (Å²) < 4.78 is 37.9. The molecule has 0 spiro atoms. The van der Waals surface area contributed by atoms with E-state index in [0.717, 1.165) is 4.31 Å². The predicted octanol–water partition coefficient (Wildman–Crippen LogP) is 2.14. The van der Waals surface area contributed by atoms with Crippen molar-refractivity contribution in [2.45, 2.75) is 46.1 Å². The second kappa shape index (κ2) is 9.18. The summed E-state index contributed by atoms with van der Waals surface area (Å²) in [6.45, 7) is 7.15. The maximum absolute atomic E-state index is 12.9. The van der Waals surface area contributed by atoms with Gasteiger partial charge < -0.3 is 9.47 Å². The minimum absolute atomic E-state index is 0.00273. The fourth-order valence-corrected chi connectivity index (χ4v) is 4.58. The number of piperidine rings is 1. The van der Waals surface area contributed by atoms with E-state index in [0.29, 0.717) is 17.1 Å². The van der Waals surface area contributed by atoms with Crippen molar-refractivity contribution in [1.82, 2.24) is 8.61 Å². The van der Waals surface area contributed by atoms with E-state index in [1.54, 1.807) is 27.7 Å². The van der Waals surface area contributed by atoms with E-state index in [-0.39, 0.29) is 31.6 Å². The number of hydrogen-bond donors (Lipinski definition) is 0. The Hall–Kier alpha value is -0.870. The highest BCUT2D eigenvalue weighted by Gasteiger charge is 2.39. The molecule has 0 aliphatic carbocycles. The van der Waals surface area contributed by atoms with Crippen LogP contribution in [0.2, 0.25) is 0 Å². The fourth-order valence-electron chi connectivity index (χ4n) is 2.43. The van der Waals surface area contributed by atoms with Crippen LogP contribution in [-0.2, 0) is 24.5 Å². The van der Waals surface area contributed by atoms with Crippen molar-refractivity contribution >= 4 is 38.2 Å². The maximum Gasteiger partial charge on any atom is 0.425 e. The van der Waals surface area contributed by atoms with Crippen LogP contribution in [0.5, 0.6) is 0 Å². The molecule has 8 nitrogen and oxygen atoms in total. The van der Waals surface area contributed by atoms with Gasteiger partial charge in [0, 0.05) is 18.4 Å². The molecule has 0 aromatic heterocycles. The Morgan fingerprint density at radius 3 is 2.48 bits per heavy atom. The lowest BCUT2D eigenvalue weighted by atomic mass is 10.0. The Morgan fingerprint density at radius 2 is 1.96 bits per heavy atom. The molecule has 1 saturated heterocycles. The summed E-state index contributed by atoms with van der Waals surface area (Å²) in [5.74, 6) is -0.931. The van der Waals surface area contributed by atoms with Crippen molar-refractivity contribution in [2.24, 2.45) is 5.92 Å². The van der Waals surface area contributed by atoms with Gasteiger partial charge in [0.25, 0.3) is 0 Å². The van der Waals surface area contributed by atoms with E-state index in [4.69, 9.17) is 9.47 Å². The number of carbonyl (C=O) groups excluding carboxylic acids is 2. The smallest absolute Gasteiger partial charge is 0.425 e. The summed E-state index contributed by atoms with van der Waals surface area (Å²) in [5.41, 5.74) is -0.813. The highest BCUT2D eigenvalue weighted by Crippen LogP contribution is 2.23. The van der Waals surface area contributed by atoms with Gasteiger partial charge >= 0.3 is 22.3 Å². The van der Waals surface area contributed by atoms with Gasteiger partial charge in [0.1, 0.15) is 5.60 Å². The molecule has 1 unspecified atom stereocenters. The lowest BCUT2D eigenvalue weighted by Gasteiger charge is -2.35. The average Bonchev–Trinajstić information content (AvgIpc) is 2.51. The molecule has 1 atom stereocenters. The van der Waals surface area contributed by atoms with Crippen molar-refractivity contribution in [3.05, 3.63) is 0 Å².